The molecule has 0 amide bonds. The van der Waals surface area contributed by atoms with Gasteiger partial charge in [0.25, 0.3) is 0 Å². The van der Waals surface area contributed by atoms with Crippen LogP contribution in [0, 0.1) is 6.92 Å². The number of unbranched alkanes of at least 4 members (excludes halogenated alkanes) is 1. The van der Waals surface area contributed by atoms with Crippen molar-refractivity contribution in [3.8, 4) is 11.1 Å². The summed E-state index contributed by atoms with van der Waals surface area (Å²) in [6.07, 6.45) is 9.26. The van der Waals surface area contributed by atoms with Gasteiger partial charge in [0.2, 0.25) is 0 Å². The molecule has 0 saturated heterocycles. The van der Waals surface area contributed by atoms with Gasteiger partial charge < -0.3 is 0 Å². The molecule has 2 aromatic rings. The highest BCUT2D eigenvalue weighted by Gasteiger charge is 2.16. The Labute approximate surface area is 136 Å². The number of halogens is 1. The minimum absolute atomic E-state index is 1.04. The summed E-state index contributed by atoms with van der Waals surface area (Å²) in [7, 11) is 0. The summed E-state index contributed by atoms with van der Waals surface area (Å²) in [6.45, 7) is 4.42. The molecule has 21 heavy (non-hydrogen) atoms. The number of aryl methyl sites for hydroxylation is 2. The number of benzene rings is 2. The summed E-state index contributed by atoms with van der Waals surface area (Å²) in [5.41, 5.74) is 8.30. The molecule has 0 bridgehead atoms. The molecule has 1 heteroatoms. The molecule has 0 nitrogen and oxygen atoms in total. The Morgan fingerprint density at radius 1 is 1.14 bits per heavy atom. The summed E-state index contributed by atoms with van der Waals surface area (Å²) in [4.78, 5) is 0. The second kappa shape index (κ2) is 6.19. The predicted octanol–water partition coefficient (Wildman–Crippen LogP) is 6.34. The van der Waals surface area contributed by atoms with Gasteiger partial charge in [0, 0.05) is 4.47 Å². The van der Waals surface area contributed by atoms with Crippen LogP contribution in [0.25, 0.3) is 17.2 Å². The van der Waals surface area contributed by atoms with E-state index < -0.39 is 0 Å². The topological polar surface area (TPSA) is 0 Å². The van der Waals surface area contributed by atoms with E-state index in [1.165, 1.54) is 57.1 Å². The zero-order valence-electron chi connectivity index (χ0n) is 12.7. The lowest BCUT2D eigenvalue weighted by molar-refractivity contribution is 0.795. The van der Waals surface area contributed by atoms with Crippen molar-refractivity contribution in [2.45, 2.75) is 39.5 Å². The lowest BCUT2D eigenvalue weighted by atomic mass is 9.93. The largest absolute Gasteiger partial charge is 0.0794 e. The first-order chi connectivity index (χ1) is 10.2. The van der Waals surface area contributed by atoms with Crippen LogP contribution in [0.3, 0.4) is 0 Å². The summed E-state index contributed by atoms with van der Waals surface area (Å²) in [6, 6.07) is 11.5. The van der Waals surface area contributed by atoms with Crippen molar-refractivity contribution in [2.75, 3.05) is 0 Å². The van der Waals surface area contributed by atoms with Crippen LogP contribution in [0.15, 0.2) is 40.9 Å². The van der Waals surface area contributed by atoms with Gasteiger partial charge in [0.1, 0.15) is 0 Å². The minimum atomic E-state index is 1.04. The maximum Gasteiger partial charge on any atom is 0.0280 e. The van der Waals surface area contributed by atoms with E-state index in [9.17, 15) is 0 Å². The molecular formula is C20H21Br. The van der Waals surface area contributed by atoms with Crippen molar-refractivity contribution >= 4 is 22.0 Å². The molecule has 3 rings (SSSR count). The maximum absolute atomic E-state index is 3.73. The fourth-order valence-electron chi connectivity index (χ4n) is 3.03. The highest BCUT2D eigenvalue weighted by molar-refractivity contribution is 9.10. The Hall–Kier alpha value is -1.34. The Morgan fingerprint density at radius 2 is 1.90 bits per heavy atom. The molecule has 2 aromatic carbocycles. The first kappa shape index (κ1) is 14.6. The van der Waals surface area contributed by atoms with Crippen LogP contribution in [-0.2, 0) is 12.8 Å². The molecule has 108 valence electrons. The zero-order valence-corrected chi connectivity index (χ0v) is 14.3. The van der Waals surface area contributed by atoms with Crippen molar-refractivity contribution < 1.29 is 0 Å². The number of rotatable bonds is 4. The smallest absolute Gasteiger partial charge is 0.0280 e. The third kappa shape index (κ3) is 2.85. The van der Waals surface area contributed by atoms with Gasteiger partial charge in [0.15, 0.2) is 0 Å². The minimum Gasteiger partial charge on any atom is -0.0794 e. The number of allylic oxidation sites excluding steroid dienone is 1. The molecule has 0 aromatic heterocycles. The van der Waals surface area contributed by atoms with E-state index >= 15 is 0 Å². The van der Waals surface area contributed by atoms with Gasteiger partial charge >= 0.3 is 0 Å². The highest BCUT2D eigenvalue weighted by atomic mass is 79.9. The maximum atomic E-state index is 3.73. The Balaban J connectivity index is 1.98. The van der Waals surface area contributed by atoms with Crippen molar-refractivity contribution in [3.05, 3.63) is 63.1 Å². The van der Waals surface area contributed by atoms with Gasteiger partial charge in [0.05, 0.1) is 0 Å². The molecule has 0 fully saturated rings. The second-order valence-corrected chi connectivity index (χ2v) is 6.65. The van der Waals surface area contributed by atoms with Crippen LogP contribution in [0.2, 0.25) is 0 Å². The molecule has 0 unspecified atom stereocenters. The van der Waals surface area contributed by atoms with E-state index in [1.807, 2.05) is 0 Å². The number of hydrogen-bond donors (Lipinski definition) is 0. The van der Waals surface area contributed by atoms with Crippen LogP contribution in [-0.4, -0.2) is 0 Å². The van der Waals surface area contributed by atoms with Crippen LogP contribution < -0.4 is 0 Å². The van der Waals surface area contributed by atoms with Gasteiger partial charge in [-0.25, -0.2) is 0 Å². The molecule has 0 saturated carbocycles. The van der Waals surface area contributed by atoms with E-state index in [2.05, 4.69) is 72.3 Å². The fourth-order valence-corrected chi connectivity index (χ4v) is 3.52. The molecule has 0 radical (unpaired) electrons. The van der Waals surface area contributed by atoms with Crippen molar-refractivity contribution in [1.82, 2.24) is 0 Å². The molecular weight excluding hydrogens is 320 g/mol. The van der Waals surface area contributed by atoms with Gasteiger partial charge in [-0.1, -0.05) is 49.8 Å². The molecule has 1 aliphatic carbocycles. The lowest BCUT2D eigenvalue weighted by Crippen LogP contribution is -1.93. The Bertz CT molecular complexity index is 678. The van der Waals surface area contributed by atoms with Crippen molar-refractivity contribution in [2.24, 2.45) is 0 Å². The number of fused-ring (bicyclic) bond motifs is 1. The molecule has 1 aliphatic rings. The Kier molecular flexibility index (Phi) is 4.30. The number of hydrogen-bond acceptors (Lipinski definition) is 0. The normalized spacial score (nSPS) is 12.7. The van der Waals surface area contributed by atoms with Gasteiger partial charge in [-0.05, 0) is 81.6 Å². The van der Waals surface area contributed by atoms with Crippen LogP contribution in [0.1, 0.15) is 42.0 Å². The highest BCUT2D eigenvalue weighted by Crippen LogP contribution is 2.38. The van der Waals surface area contributed by atoms with Gasteiger partial charge in [-0.15, -0.1) is 0 Å². The molecule has 0 heterocycles. The first-order valence-electron chi connectivity index (χ1n) is 7.78. The van der Waals surface area contributed by atoms with Crippen LogP contribution >= 0.6 is 15.9 Å². The summed E-state index contributed by atoms with van der Waals surface area (Å²) >= 11 is 3.73. The third-order valence-corrected chi connectivity index (χ3v) is 5.34. The van der Waals surface area contributed by atoms with E-state index in [4.69, 9.17) is 0 Å². The van der Waals surface area contributed by atoms with E-state index in [0.29, 0.717) is 0 Å². The zero-order chi connectivity index (χ0) is 14.8. The van der Waals surface area contributed by atoms with Gasteiger partial charge in [-0.3, -0.25) is 0 Å². The van der Waals surface area contributed by atoms with Gasteiger partial charge in [-0.2, -0.15) is 0 Å². The fraction of sp³-hybridized carbons (Fsp3) is 0.300. The Morgan fingerprint density at radius 3 is 2.62 bits per heavy atom. The summed E-state index contributed by atoms with van der Waals surface area (Å²) < 4.78 is 1.24. The van der Waals surface area contributed by atoms with E-state index in [0.717, 1.165) is 6.42 Å². The van der Waals surface area contributed by atoms with E-state index in [1.54, 1.807) is 0 Å². The quantitative estimate of drug-likeness (QED) is 0.609. The van der Waals surface area contributed by atoms with E-state index in [-0.39, 0.29) is 0 Å². The standard InChI is InChI=1S/C20H21Br/c1-3-4-6-15-9-11-16(12-10-15)19-13-14(2)20(21)18-8-5-7-17(18)19/h5,8-13H,3-4,6-7H2,1-2H3. The summed E-state index contributed by atoms with van der Waals surface area (Å²) in [5.74, 6) is 0. The van der Waals surface area contributed by atoms with Crippen molar-refractivity contribution in [3.63, 3.8) is 0 Å². The van der Waals surface area contributed by atoms with Crippen molar-refractivity contribution in [1.29, 1.82) is 0 Å². The second-order valence-electron chi connectivity index (χ2n) is 5.85. The predicted molar refractivity (Wildman–Crippen MR) is 95.7 cm³/mol. The van der Waals surface area contributed by atoms with Crippen LogP contribution in [0.5, 0.6) is 0 Å². The molecule has 0 N–H and O–H groups in total. The molecule has 0 aliphatic heterocycles. The lowest BCUT2D eigenvalue weighted by Gasteiger charge is -2.13. The SMILES string of the molecule is CCCCc1ccc(-c2cc(C)c(Br)c3c2CC=C3)cc1. The average molecular weight is 341 g/mol. The van der Waals surface area contributed by atoms with Crippen LogP contribution in [0.4, 0.5) is 0 Å². The average Bonchev–Trinajstić information content (AvgIpc) is 2.99. The first-order valence-corrected chi connectivity index (χ1v) is 8.58. The molecule has 0 spiro atoms. The third-order valence-electron chi connectivity index (χ3n) is 4.28. The molecule has 0 atom stereocenters. The summed E-state index contributed by atoms with van der Waals surface area (Å²) in [5, 5.41) is 0. The monoisotopic (exact) mass is 340 g/mol.